The maximum absolute atomic E-state index is 5.62. The fraction of sp³-hybridized carbons (Fsp3) is 0.800. The van der Waals surface area contributed by atoms with Crippen LogP contribution in [-0.2, 0) is 0 Å². The Morgan fingerprint density at radius 2 is 2.20 bits per heavy atom. The third-order valence-electron chi connectivity index (χ3n) is 3.41. The average Bonchev–Trinajstić information content (AvgIpc) is 2.75. The molecule has 0 saturated heterocycles. The molecule has 1 aromatic rings. The van der Waals surface area contributed by atoms with Gasteiger partial charge in [0, 0.05) is 0 Å². The van der Waals surface area contributed by atoms with Gasteiger partial charge in [0.25, 0.3) is 0 Å². The highest BCUT2D eigenvalue weighted by Gasteiger charge is 2.27. The van der Waals surface area contributed by atoms with Crippen LogP contribution in [0.4, 0.5) is 0 Å². The molecule has 1 fully saturated rings. The fourth-order valence-electron chi connectivity index (χ4n) is 2.39. The quantitative estimate of drug-likeness (QED) is 0.610. The second kappa shape index (κ2) is 5.01. The minimum atomic E-state index is 0.191. The Hall–Kier alpha value is -0.520. The van der Waals surface area contributed by atoms with Crippen LogP contribution in [0.5, 0.6) is 0 Å². The molecule has 1 unspecified atom stereocenters. The van der Waals surface area contributed by atoms with E-state index >= 15 is 0 Å². The summed E-state index contributed by atoms with van der Waals surface area (Å²) in [5, 5.41) is 0. The van der Waals surface area contributed by atoms with Crippen LogP contribution in [-0.4, -0.2) is 8.75 Å². The zero-order valence-corrected chi connectivity index (χ0v) is 9.83. The molecule has 1 aromatic heterocycles. The van der Waals surface area contributed by atoms with Crippen molar-refractivity contribution in [2.45, 2.75) is 38.6 Å². The highest BCUT2D eigenvalue weighted by molar-refractivity contribution is 6.99. The monoisotopic (exact) mass is 226 g/mol. The second-order valence-electron chi connectivity index (χ2n) is 4.50. The Morgan fingerprint density at radius 3 is 2.73 bits per heavy atom. The molecular weight excluding hydrogens is 208 g/mol. The van der Waals surface area contributed by atoms with E-state index in [-0.39, 0.29) is 6.04 Å². The zero-order chi connectivity index (χ0) is 10.7. The minimum absolute atomic E-state index is 0.191. The molecule has 0 amide bonds. The van der Waals surface area contributed by atoms with E-state index in [1.54, 1.807) is 0 Å². The molecule has 0 aliphatic heterocycles. The van der Waals surface area contributed by atoms with Crippen molar-refractivity contribution >= 4 is 11.7 Å². The molecule has 0 radical (unpaired) electrons. The highest BCUT2D eigenvalue weighted by atomic mass is 32.1. The molecule has 84 valence electrons. The number of nitrogens with two attached hydrogens (primary N) is 1. The van der Waals surface area contributed by atoms with Crippen LogP contribution in [0, 0.1) is 11.8 Å². The highest BCUT2D eigenvalue weighted by Crippen LogP contribution is 2.35. The SMILES string of the molecule is CC1CCC(C(NN)c2cnsn2)CC1. The van der Waals surface area contributed by atoms with Crippen molar-refractivity contribution in [3.05, 3.63) is 11.9 Å². The molecule has 1 atom stereocenters. The molecule has 1 saturated carbocycles. The number of nitrogens with zero attached hydrogens (tertiary/aromatic N) is 2. The van der Waals surface area contributed by atoms with E-state index in [4.69, 9.17) is 5.84 Å². The molecule has 1 aliphatic rings. The van der Waals surface area contributed by atoms with E-state index in [1.165, 1.54) is 37.4 Å². The molecule has 0 bridgehead atoms. The van der Waals surface area contributed by atoms with E-state index in [2.05, 4.69) is 21.1 Å². The van der Waals surface area contributed by atoms with Crippen LogP contribution in [0.25, 0.3) is 0 Å². The first-order valence-corrected chi connectivity index (χ1v) is 6.28. The van der Waals surface area contributed by atoms with Gasteiger partial charge in [-0.05, 0) is 24.7 Å². The Morgan fingerprint density at radius 1 is 1.47 bits per heavy atom. The predicted molar refractivity (Wildman–Crippen MR) is 61.1 cm³/mol. The summed E-state index contributed by atoms with van der Waals surface area (Å²) in [7, 11) is 0. The summed E-state index contributed by atoms with van der Waals surface area (Å²) in [4.78, 5) is 0. The number of nitrogens with one attached hydrogen (secondary N) is 1. The maximum atomic E-state index is 5.62. The first kappa shape index (κ1) is 11.0. The summed E-state index contributed by atoms with van der Waals surface area (Å²) in [5.41, 5.74) is 3.90. The number of hydrogen-bond acceptors (Lipinski definition) is 5. The fourth-order valence-corrected chi connectivity index (χ4v) is 2.85. The summed E-state index contributed by atoms with van der Waals surface area (Å²) in [6, 6.07) is 0.191. The molecule has 0 spiro atoms. The third-order valence-corrected chi connectivity index (χ3v) is 3.90. The van der Waals surface area contributed by atoms with Crippen molar-refractivity contribution in [2.75, 3.05) is 0 Å². The van der Waals surface area contributed by atoms with Crippen molar-refractivity contribution in [1.29, 1.82) is 0 Å². The molecule has 0 aromatic carbocycles. The van der Waals surface area contributed by atoms with Crippen LogP contribution in [0.1, 0.15) is 44.3 Å². The van der Waals surface area contributed by atoms with Crippen LogP contribution >= 0.6 is 11.7 Å². The van der Waals surface area contributed by atoms with Gasteiger partial charge in [0.15, 0.2) is 0 Å². The van der Waals surface area contributed by atoms with Crippen LogP contribution in [0.3, 0.4) is 0 Å². The largest absolute Gasteiger partial charge is 0.271 e. The van der Waals surface area contributed by atoms with Crippen molar-refractivity contribution in [3.63, 3.8) is 0 Å². The van der Waals surface area contributed by atoms with Crippen LogP contribution < -0.4 is 11.3 Å². The Balaban J connectivity index is 2.01. The molecule has 4 nitrogen and oxygen atoms in total. The minimum Gasteiger partial charge on any atom is -0.271 e. The first-order chi connectivity index (χ1) is 7.31. The molecule has 2 rings (SSSR count). The standard InChI is InChI=1S/C10H18N4S/c1-7-2-4-8(5-3-7)10(13-11)9-6-12-15-14-9/h6-8,10,13H,2-5,11H2,1H3. The Bertz CT molecular complexity index is 280. The summed E-state index contributed by atoms with van der Waals surface area (Å²) >= 11 is 1.25. The maximum Gasteiger partial charge on any atom is 0.0928 e. The van der Waals surface area contributed by atoms with Crippen LogP contribution in [0.2, 0.25) is 0 Å². The van der Waals surface area contributed by atoms with Crippen molar-refractivity contribution in [1.82, 2.24) is 14.2 Å². The summed E-state index contributed by atoms with van der Waals surface area (Å²) in [5.74, 6) is 7.11. The van der Waals surface area contributed by atoms with Crippen molar-refractivity contribution in [2.24, 2.45) is 17.7 Å². The number of hydrazine groups is 1. The van der Waals surface area contributed by atoms with Gasteiger partial charge in [-0.1, -0.05) is 19.8 Å². The van der Waals surface area contributed by atoms with Gasteiger partial charge in [-0.25, -0.2) is 0 Å². The lowest BCUT2D eigenvalue weighted by Gasteiger charge is -2.31. The molecular formula is C10H18N4S. The van der Waals surface area contributed by atoms with E-state index in [1.807, 2.05) is 6.20 Å². The normalized spacial score (nSPS) is 28.9. The predicted octanol–water partition coefficient (Wildman–Crippen LogP) is 1.87. The molecule has 5 heteroatoms. The summed E-state index contributed by atoms with van der Waals surface area (Å²) in [6.45, 7) is 2.32. The summed E-state index contributed by atoms with van der Waals surface area (Å²) in [6.07, 6.45) is 6.93. The van der Waals surface area contributed by atoms with Gasteiger partial charge in [0.2, 0.25) is 0 Å². The Labute approximate surface area is 94.6 Å². The van der Waals surface area contributed by atoms with Gasteiger partial charge in [-0.2, -0.15) is 8.75 Å². The second-order valence-corrected chi connectivity index (χ2v) is 5.05. The van der Waals surface area contributed by atoms with Gasteiger partial charge < -0.3 is 0 Å². The lowest BCUT2D eigenvalue weighted by atomic mass is 9.79. The first-order valence-electron chi connectivity index (χ1n) is 5.55. The smallest absolute Gasteiger partial charge is 0.0928 e. The third kappa shape index (κ3) is 2.53. The molecule has 15 heavy (non-hydrogen) atoms. The van der Waals surface area contributed by atoms with E-state index < -0.39 is 0 Å². The summed E-state index contributed by atoms with van der Waals surface area (Å²) < 4.78 is 8.31. The number of aromatic nitrogens is 2. The average molecular weight is 226 g/mol. The van der Waals surface area contributed by atoms with Gasteiger partial charge in [0.1, 0.15) is 0 Å². The lowest BCUT2D eigenvalue weighted by molar-refractivity contribution is 0.230. The Kier molecular flexibility index (Phi) is 3.66. The lowest BCUT2D eigenvalue weighted by Crippen LogP contribution is -2.35. The molecule has 1 heterocycles. The van der Waals surface area contributed by atoms with Gasteiger partial charge in [0.05, 0.1) is 29.7 Å². The van der Waals surface area contributed by atoms with Gasteiger partial charge in [-0.3, -0.25) is 11.3 Å². The molecule has 1 aliphatic carbocycles. The van der Waals surface area contributed by atoms with Crippen molar-refractivity contribution in [3.8, 4) is 0 Å². The topological polar surface area (TPSA) is 63.8 Å². The van der Waals surface area contributed by atoms with Crippen LogP contribution in [0.15, 0.2) is 6.20 Å². The zero-order valence-electron chi connectivity index (χ0n) is 9.02. The van der Waals surface area contributed by atoms with Gasteiger partial charge >= 0.3 is 0 Å². The van der Waals surface area contributed by atoms with Gasteiger partial charge in [-0.15, -0.1) is 0 Å². The number of hydrogen-bond donors (Lipinski definition) is 2. The van der Waals surface area contributed by atoms with E-state index in [9.17, 15) is 0 Å². The van der Waals surface area contributed by atoms with E-state index in [0.717, 1.165) is 11.6 Å². The van der Waals surface area contributed by atoms with Crippen molar-refractivity contribution < 1.29 is 0 Å². The van der Waals surface area contributed by atoms with E-state index in [0.29, 0.717) is 5.92 Å². The number of rotatable bonds is 3. The molecule has 3 N–H and O–H groups in total.